The van der Waals surface area contributed by atoms with Crippen LogP contribution in [0, 0.1) is 34.0 Å². The largest absolute Gasteiger partial charge is 0.465 e. The highest BCUT2D eigenvalue weighted by Gasteiger charge is 2.78. The molecule has 0 radical (unpaired) electrons. The van der Waals surface area contributed by atoms with E-state index in [0.29, 0.717) is 12.8 Å². The van der Waals surface area contributed by atoms with Gasteiger partial charge in [-0.1, -0.05) is 26.8 Å². The number of hydrogen-bond donors (Lipinski definition) is 0. The van der Waals surface area contributed by atoms with E-state index in [4.69, 9.17) is 18.9 Å². The number of Topliss-reactive ketones (excluding diaryl/α,β-unsaturated/α-hetero) is 1. The molecule has 0 amide bonds. The highest BCUT2D eigenvalue weighted by molar-refractivity contribution is 6.05. The topological polar surface area (TPSA) is 122 Å². The summed E-state index contributed by atoms with van der Waals surface area (Å²) in [6.07, 6.45) is 0.552. The molecular weight excluding hydrogens is 480 g/mol. The van der Waals surface area contributed by atoms with E-state index in [1.165, 1.54) is 27.7 Å². The monoisotopic (exact) mass is 518 g/mol. The summed E-state index contributed by atoms with van der Waals surface area (Å²) in [6, 6.07) is 0. The standard InChI is InChI=1S/C28H38O9/c1-14-23-19(35-16(3)30)11-21-27(7)10-8-9-26(6,13-34-15(2)29)20(27)12-22(36-17(4)31)28(21,24(14)33)25(23)37-18(5)32/h19-23,25H,1,8-13H2,2-7H3/t19-,20-,21-,22+,23-,25-,26+,27+,28-/m0/s1. The molecule has 0 aliphatic heterocycles. The second-order valence-electron chi connectivity index (χ2n) is 12.0. The predicted octanol–water partition coefficient (Wildman–Crippen LogP) is 3.32. The summed E-state index contributed by atoms with van der Waals surface area (Å²) >= 11 is 0. The van der Waals surface area contributed by atoms with Gasteiger partial charge in [-0.25, -0.2) is 0 Å². The molecule has 4 aliphatic carbocycles. The fourth-order valence-corrected chi connectivity index (χ4v) is 8.62. The fourth-order valence-electron chi connectivity index (χ4n) is 8.62. The summed E-state index contributed by atoms with van der Waals surface area (Å²) < 4.78 is 23.1. The molecule has 0 unspecified atom stereocenters. The average Bonchev–Trinajstić information content (AvgIpc) is 2.91. The molecule has 1 spiro atoms. The summed E-state index contributed by atoms with van der Waals surface area (Å²) in [7, 11) is 0. The quantitative estimate of drug-likeness (QED) is 0.306. The number of ether oxygens (including phenoxy) is 4. The van der Waals surface area contributed by atoms with Crippen molar-refractivity contribution >= 4 is 29.7 Å². The molecule has 4 saturated carbocycles. The second kappa shape index (κ2) is 9.24. The van der Waals surface area contributed by atoms with E-state index in [1.54, 1.807) is 0 Å². The molecule has 4 aliphatic rings. The maximum absolute atomic E-state index is 14.3. The maximum atomic E-state index is 14.3. The van der Waals surface area contributed by atoms with Crippen molar-refractivity contribution in [2.24, 2.45) is 34.0 Å². The molecule has 4 fully saturated rings. The Morgan fingerprint density at radius 1 is 0.865 bits per heavy atom. The Morgan fingerprint density at radius 3 is 2.05 bits per heavy atom. The van der Waals surface area contributed by atoms with Gasteiger partial charge in [0.15, 0.2) is 5.78 Å². The Hall–Kier alpha value is -2.71. The third-order valence-corrected chi connectivity index (χ3v) is 9.73. The van der Waals surface area contributed by atoms with Crippen LogP contribution >= 0.6 is 0 Å². The van der Waals surface area contributed by atoms with Crippen LogP contribution in [-0.2, 0) is 42.9 Å². The Bertz CT molecular complexity index is 1050. The molecule has 4 rings (SSSR count). The highest BCUT2D eigenvalue weighted by Crippen LogP contribution is 2.72. The van der Waals surface area contributed by atoms with Crippen LogP contribution in [-0.4, -0.2) is 54.6 Å². The van der Waals surface area contributed by atoms with Crippen molar-refractivity contribution < 1.29 is 42.9 Å². The van der Waals surface area contributed by atoms with Crippen molar-refractivity contribution in [1.82, 2.24) is 0 Å². The van der Waals surface area contributed by atoms with Gasteiger partial charge in [0.1, 0.15) is 23.7 Å². The van der Waals surface area contributed by atoms with Crippen LogP contribution < -0.4 is 0 Å². The van der Waals surface area contributed by atoms with E-state index in [9.17, 15) is 24.0 Å². The molecule has 2 bridgehead atoms. The Kier molecular flexibility index (Phi) is 6.82. The van der Waals surface area contributed by atoms with Gasteiger partial charge in [0, 0.05) is 33.1 Å². The van der Waals surface area contributed by atoms with E-state index < -0.39 is 64.3 Å². The molecule has 0 aromatic heterocycles. The Morgan fingerprint density at radius 2 is 1.49 bits per heavy atom. The highest BCUT2D eigenvalue weighted by atomic mass is 16.6. The minimum absolute atomic E-state index is 0.0813. The van der Waals surface area contributed by atoms with Crippen molar-refractivity contribution in [1.29, 1.82) is 0 Å². The summed E-state index contributed by atoms with van der Waals surface area (Å²) in [5.41, 5.74) is -2.01. The Balaban J connectivity index is 1.93. The first-order chi connectivity index (χ1) is 17.2. The van der Waals surface area contributed by atoms with Crippen molar-refractivity contribution in [3.8, 4) is 0 Å². The van der Waals surface area contributed by atoms with Crippen LogP contribution in [0.15, 0.2) is 12.2 Å². The first kappa shape index (κ1) is 27.3. The van der Waals surface area contributed by atoms with Crippen LogP contribution in [0.25, 0.3) is 0 Å². The first-order valence-electron chi connectivity index (χ1n) is 13.1. The van der Waals surface area contributed by atoms with Gasteiger partial charge in [0.05, 0.1) is 12.5 Å². The summed E-state index contributed by atoms with van der Waals surface area (Å²) in [4.78, 5) is 62.9. The van der Waals surface area contributed by atoms with Gasteiger partial charge < -0.3 is 18.9 Å². The van der Waals surface area contributed by atoms with Crippen molar-refractivity contribution in [3.63, 3.8) is 0 Å². The number of carbonyl (C=O) groups is 5. The van der Waals surface area contributed by atoms with Crippen LogP contribution in [0.1, 0.15) is 73.6 Å². The lowest BCUT2D eigenvalue weighted by atomic mass is 9.39. The van der Waals surface area contributed by atoms with Crippen LogP contribution in [0.5, 0.6) is 0 Å². The summed E-state index contributed by atoms with van der Waals surface area (Å²) in [5, 5.41) is 0. The molecule has 0 N–H and O–H groups in total. The van der Waals surface area contributed by atoms with Crippen LogP contribution in [0.3, 0.4) is 0 Å². The number of rotatable bonds is 5. The number of fused-ring (bicyclic) bond motifs is 3. The third-order valence-electron chi connectivity index (χ3n) is 9.73. The molecule has 0 heterocycles. The molecule has 0 saturated heterocycles. The zero-order chi connectivity index (χ0) is 27.5. The molecule has 9 heteroatoms. The molecule has 0 aromatic carbocycles. The smallest absolute Gasteiger partial charge is 0.302 e. The van der Waals surface area contributed by atoms with Crippen molar-refractivity contribution in [2.45, 2.75) is 92.0 Å². The minimum atomic E-state index is -1.33. The number of hydrogen-bond acceptors (Lipinski definition) is 9. The van der Waals surface area contributed by atoms with Crippen molar-refractivity contribution in [3.05, 3.63) is 12.2 Å². The fraction of sp³-hybridized carbons (Fsp3) is 0.750. The maximum Gasteiger partial charge on any atom is 0.302 e. The molecular formula is C28H38O9. The lowest BCUT2D eigenvalue weighted by molar-refractivity contribution is -0.254. The van der Waals surface area contributed by atoms with E-state index >= 15 is 0 Å². The Labute approximate surface area is 217 Å². The van der Waals surface area contributed by atoms with Gasteiger partial charge in [-0.05, 0) is 48.5 Å². The van der Waals surface area contributed by atoms with Gasteiger partial charge >= 0.3 is 23.9 Å². The van der Waals surface area contributed by atoms with Gasteiger partial charge in [-0.15, -0.1) is 0 Å². The second-order valence-corrected chi connectivity index (χ2v) is 12.0. The van der Waals surface area contributed by atoms with Gasteiger partial charge in [0.25, 0.3) is 0 Å². The molecule has 9 nitrogen and oxygen atoms in total. The molecule has 0 aromatic rings. The minimum Gasteiger partial charge on any atom is -0.465 e. The summed E-state index contributed by atoms with van der Waals surface area (Å²) in [6.45, 7) is 13.7. The first-order valence-corrected chi connectivity index (χ1v) is 13.1. The number of ketones is 1. The third kappa shape index (κ3) is 4.09. The van der Waals surface area contributed by atoms with E-state index in [1.807, 2.05) is 0 Å². The molecule has 204 valence electrons. The average molecular weight is 519 g/mol. The number of carbonyl (C=O) groups excluding carboxylic acids is 5. The van der Waals surface area contributed by atoms with Gasteiger partial charge in [0.2, 0.25) is 0 Å². The molecule has 37 heavy (non-hydrogen) atoms. The van der Waals surface area contributed by atoms with Crippen LogP contribution in [0.2, 0.25) is 0 Å². The zero-order valence-corrected chi connectivity index (χ0v) is 22.6. The van der Waals surface area contributed by atoms with Gasteiger partial charge in [-0.2, -0.15) is 0 Å². The number of esters is 4. The zero-order valence-electron chi connectivity index (χ0n) is 22.6. The predicted molar refractivity (Wildman–Crippen MR) is 130 cm³/mol. The molecule has 9 atom stereocenters. The summed E-state index contributed by atoms with van der Waals surface area (Å²) in [5.74, 6) is -3.50. The van der Waals surface area contributed by atoms with Crippen molar-refractivity contribution in [2.75, 3.05) is 6.61 Å². The van der Waals surface area contributed by atoms with E-state index in [0.717, 1.165) is 19.3 Å². The van der Waals surface area contributed by atoms with E-state index in [-0.39, 0.29) is 29.9 Å². The van der Waals surface area contributed by atoms with Gasteiger partial charge in [-0.3, -0.25) is 24.0 Å². The van der Waals surface area contributed by atoms with E-state index in [2.05, 4.69) is 20.4 Å². The SMILES string of the molecule is C=C1C(=O)[C@@]23[C@H](OC(C)=O)C[C@H]4[C@@](C)(COC(C)=O)CCC[C@@]4(C)[C@@H]2C[C@H](OC(C)=O)[C@H]1[C@@H]3OC(C)=O. The lowest BCUT2D eigenvalue weighted by Gasteiger charge is -2.66. The lowest BCUT2D eigenvalue weighted by Crippen LogP contribution is -2.70. The normalized spacial score (nSPS) is 42.2. The van der Waals surface area contributed by atoms with Crippen LogP contribution in [0.4, 0.5) is 0 Å².